The molecule has 26 heavy (non-hydrogen) atoms. The Morgan fingerprint density at radius 2 is 1.85 bits per heavy atom. The van der Waals surface area contributed by atoms with E-state index in [2.05, 4.69) is 10.6 Å². The van der Waals surface area contributed by atoms with Crippen LogP contribution in [0.1, 0.15) is 41.0 Å². The van der Waals surface area contributed by atoms with Gasteiger partial charge in [0.2, 0.25) is 0 Å². The van der Waals surface area contributed by atoms with Gasteiger partial charge in [-0.3, -0.25) is 19.7 Å². The highest BCUT2D eigenvalue weighted by molar-refractivity contribution is 6.34. The molecule has 2 aromatic rings. The molecule has 8 heteroatoms. The van der Waals surface area contributed by atoms with Crippen LogP contribution in [0.5, 0.6) is 0 Å². The van der Waals surface area contributed by atoms with E-state index in [4.69, 9.17) is 11.6 Å². The summed E-state index contributed by atoms with van der Waals surface area (Å²) in [5, 5.41) is 16.4. The molecule has 136 valence electrons. The molecule has 0 saturated heterocycles. The van der Waals surface area contributed by atoms with Gasteiger partial charge in [-0.15, -0.1) is 0 Å². The maximum absolute atomic E-state index is 12.5. The summed E-state index contributed by atoms with van der Waals surface area (Å²) in [4.78, 5) is 35.2. The van der Waals surface area contributed by atoms with Crippen LogP contribution in [0.15, 0.2) is 42.5 Å². The number of nitro benzene ring substituents is 1. The van der Waals surface area contributed by atoms with E-state index in [0.29, 0.717) is 11.3 Å². The van der Waals surface area contributed by atoms with Gasteiger partial charge >= 0.3 is 0 Å². The first kappa shape index (κ1) is 19.4. The van der Waals surface area contributed by atoms with Crippen LogP contribution in [0.25, 0.3) is 0 Å². The number of hydrogen-bond donors (Lipinski definition) is 2. The van der Waals surface area contributed by atoms with Gasteiger partial charge in [0.15, 0.2) is 0 Å². The number of benzene rings is 2. The summed E-state index contributed by atoms with van der Waals surface area (Å²) in [5.74, 6) is -0.956. The lowest BCUT2D eigenvalue weighted by Gasteiger charge is -2.15. The average Bonchev–Trinajstić information content (AvgIpc) is 2.61. The number of carbonyl (C=O) groups excluding carboxylic acids is 2. The van der Waals surface area contributed by atoms with Crippen molar-refractivity contribution >= 4 is 34.8 Å². The number of hydrogen-bond acceptors (Lipinski definition) is 4. The van der Waals surface area contributed by atoms with Gasteiger partial charge in [-0.05, 0) is 31.5 Å². The lowest BCUT2D eigenvalue weighted by atomic mass is 10.1. The molecule has 0 bridgehead atoms. The zero-order valence-corrected chi connectivity index (χ0v) is 15.0. The van der Waals surface area contributed by atoms with Crippen molar-refractivity contribution in [2.45, 2.75) is 26.3 Å². The van der Waals surface area contributed by atoms with Gasteiger partial charge in [0.05, 0.1) is 26.8 Å². The lowest BCUT2D eigenvalue weighted by Crippen LogP contribution is -2.32. The number of anilines is 1. The van der Waals surface area contributed by atoms with Crippen molar-refractivity contribution in [2.24, 2.45) is 0 Å². The molecular formula is C18H18ClN3O4. The minimum Gasteiger partial charge on any atom is -0.350 e. The van der Waals surface area contributed by atoms with Crippen LogP contribution in [-0.2, 0) is 0 Å². The monoisotopic (exact) mass is 375 g/mol. The molecule has 2 N–H and O–H groups in total. The van der Waals surface area contributed by atoms with Crippen molar-refractivity contribution in [3.8, 4) is 0 Å². The minimum atomic E-state index is -0.637. The van der Waals surface area contributed by atoms with E-state index in [1.165, 1.54) is 12.1 Å². The first-order valence-corrected chi connectivity index (χ1v) is 8.36. The summed E-state index contributed by atoms with van der Waals surface area (Å²) >= 11 is 5.99. The molecule has 0 spiro atoms. The van der Waals surface area contributed by atoms with Gasteiger partial charge in [0, 0.05) is 18.2 Å². The number of amides is 2. The standard InChI is InChI=1S/C18H18ClN3O4/c1-3-11(2)20-17(23)13-6-4-5-7-16(13)21-18(24)14-10-12(22(25)26)8-9-15(14)19/h4-11H,3H2,1-2H3,(H,20,23)(H,21,24)/t11-/m0/s1. The highest BCUT2D eigenvalue weighted by Gasteiger charge is 2.19. The number of para-hydroxylation sites is 1. The Morgan fingerprint density at radius 3 is 2.50 bits per heavy atom. The quantitative estimate of drug-likeness (QED) is 0.587. The Labute approximate surface area is 155 Å². The van der Waals surface area contributed by atoms with Crippen molar-refractivity contribution in [3.63, 3.8) is 0 Å². The normalized spacial score (nSPS) is 11.5. The molecule has 0 aliphatic rings. The fourth-order valence-corrected chi connectivity index (χ4v) is 2.39. The van der Waals surface area contributed by atoms with Crippen molar-refractivity contribution in [2.75, 3.05) is 5.32 Å². The second-order valence-corrected chi connectivity index (χ2v) is 6.11. The lowest BCUT2D eigenvalue weighted by molar-refractivity contribution is -0.384. The third-order valence-corrected chi connectivity index (χ3v) is 4.14. The van der Waals surface area contributed by atoms with E-state index in [1.54, 1.807) is 24.3 Å². The van der Waals surface area contributed by atoms with Gasteiger partial charge in [0.25, 0.3) is 17.5 Å². The molecular weight excluding hydrogens is 358 g/mol. The summed E-state index contributed by atoms with van der Waals surface area (Å²) in [6.45, 7) is 3.82. The van der Waals surface area contributed by atoms with Gasteiger partial charge in [-0.2, -0.15) is 0 Å². The molecule has 2 amide bonds. The molecule has 1 atom stereocenters. The van der Waals surface area contributed by atoms with Crippen molar-refractivity contribution in [1.82, 2.24) is 5.32 Å². The predicted octanol–water partition coefficient (Wildman–Crippen LogP) is 4.03. The molecule has 0 aliphatic carbocycles. The fourth-order valence-electron chi connectivity index (χ4n) is 2.18. The molecule has 0 unspecified atom stereocenters. The summed E-state index contributed by atoms with van der Waals surface area (Å²) < 4.78 is 0. The number of carbonyl (C=O) groups is 2. The number of nitro groups is 1. The third kappa shape index (κ3) is 4.58. The van der Waals surface area contributed by atoms with E-state index in [9.17, 15) is 19.7 Å². The van der Waals surface area contributed by atoms with E-state index in [-0.39, 0.29) is 28.2 Å². The highest BCUT2D eigenvalue weighted by Crippen LogP contribution is 2.24. The predicted molar refractivity (Wildman–Crippen MR) is 99.7 cm³/mol. The van der Waals surface area contributed by atoms with E-state index in [0.717, 1.165) is 12.5 Å². The Hall–Kier alpha value is -2.93. The SMILES string of the molecule is CC[C@H](C)NC(=O)c1ccccc1NC(=O)c1cc([N+](=O)[O-])ccc1Cl. The maximum atomic E-state index is 12.5. The zero-order chi connectivity index (χ0) is 19.3. The third-order valence-electron chi connectivity index (χ3n) is 3.82. The Bertz CT molecular complexity index is 854. The van der Waals surface area contributed by atoms with Crippen molar-refractivity contribution in [3.05, 3.63) is 68.7 Å². The molecule has 0 radical (unpaired) electrons. The number of non-ortho nitro benzene ring substituents is 1. The molecule has 0 fully saturated rings. The Morgan fingerprint density at radius 1 is 1.15 bits per heavy atom. The molecule has 0 heterocycles. The maximum Gasteiger partial charge on any atom is 0.270 e. The van der Waals surface area contributed by atoms with Crippen LogP contribution in [-0.4, -0.2) is 22.8 Å². The Kier molecular flexibility index (Phi) is 6.30. The minimum absolute atomic E-state index is 0.0162. The number of halogens is 1. The van der Waals surface area contributed by atoms with E-state index < -0.39 is 10.8 Å². The summed E-state index contributed by atoms with van der Waals surface area (Å²) in [6.07, 6.45) is 0.767. The van der Waals surface area contributed by atoms with Crippen LogP contribution >= 0.6 is 11.6 Å². The summed E-state index contributed by atoms with van der Waals surface area (Å²) in [7, 11) is 0. The van der Waals surface area contributed by atoms with Gasteiger partial charge in [-0.1, -0.05) is 30.7 Å². The number of nitrogens with zero attached hydrogens (tertiary/aromatic N) is 1. The van der Waals surface area contributed by atoms with Crippen molar-refractivity contribution in [1.29, 1.82) is 0 Å². The first-order valence-electron chi connectivity index (χ1n) is 7.98. The van der Waals surface area contributed by atoms with Gasteiger partial charge in [-0.25, -0.2) is 0 Å². The number of rotatable bonds is 6. The van der Waals surface area contributed by atoms with Crippen LogP contribution < -0.4 is 10.6 Å². The molecule has 7 nitrogen and oxygen atoms in total. The first-order chi connectivity index (χ1) is 12.3. The van der Waals surface area contributed by atoms with E-state index >= 15 is 0 Å². The summed E-state index contributed by atoms with van der Waals surface area (Å²) in [5.41, 5.74) is 0.295. The number of nitrogens with one attached hydrogen (secondary N) is 2. The van der Waals surface area contributed by atoms with Crippen LogP contribution in [0, 0.1) is 10.1 Å². The zero-order valence-electron chi connectivity index (χ0n) is 14.3. The molecule has 2 aromatic carbocycles. The second-order valence-electron chi connectivity index (χ2n) is 5.70. The average molecular weight is 376 g/mol. The summed E-state index contributed by atoms with van der Waals surface area (Å²) in [6, 6.07) is 10.1. The molecule has 0 aromatic heterocycles. The largest absolute Gasteiger partial charge is 0.350 e. The smallest absolute Gasteiger partial charge is 0.270 e. The molecule has 0 saturated carbocycles. The van der Waals surface area contributed by atoms with Crippen molar-refractivity contribution < 1.29 is 14.5 Å². The topological polar surface area (TPSA) is 101 Å². The second kappa shape index (κ2) is 8.44. The van der Waals surface area contributed by atoms with Crippen LogP contribution in [0.4, 0.5) is 11.4 Å². The van der Waals surface area contributed by atoms with Gasteiger partial charge in [0.1, 0.15) is 0 Å². The van der Waals surface area contributed by atoms with Gasteiger partial charge < -0.3 is 10.6 Å². The molecule has 0 aliphatic heterocycles. The fraction of sp³-hybridized carbons (Fsp3) is 0.222. The highest BCUT2D eigenvalue weighted by atomic mass is 35.5. The molecule has 2 rings (SSSR count). The van der Waals surface area contributed by atoms with E-state index in [1.807, 2.05) is 13.8 Å². The van der Waals surface area contributed by atoms with Crippen LogP contribution in [0.2, 0.25) is 5.02 Å². The Balaban J connectivity index is 2.29. The van der Waals surface area contributed by atoms with Crippen LogP contribution in [0.3, 0.4) is 0 Å².